The molecule has 1 saturated carbocycles. The summed E-state index contributed by atoms with van der Waals surface area (Å²) in [4.78, 5) is 4.62. The van der Waals surface area contributed by atoms with Gasteiger partial charge in [0, 0.05) is 12.3 Å². The number of nitrogens with zero attached hydrogens (tertiary/aromatic N) is 2. The zero-order chi connectivity index (χ0) is 12.2. The molecule has 0 aromatic carbocycles. The third-order valence-corrected chi connectivity index (χ3v) is 4.28. The second kappa shape index (κ2) is 5.83. The smallest absolute Gasteiger partial charge is 0.227 e. The van der Waals surface area contributed by atoms with E-state index in [1.165, 1.54) is 44.9 Å². The van der Waals surface area contributed by atoms with Crippen molar-refractivity contribution in [2.45, 2.75) is 57.3 Å². The molecule has 18 heavy (non-hydrogen) atoms. The predicted octanol–water partition coefficient (Wildman–Crippen LogP) is 2.66. The molecule has 1 aromatic rings. The van der Waals surface area contributed by atoms with Crippen LogP contribution in [0.15, 0.2) is 4.52 Å². The van der Waals surface area contributed by atoms with Crippen LogP contribution in [0.1, 0.15) is 62.6 Å². The van der Waals surface area contributed by atoms with Crippen molar-refractivity contribution in [1.29, 1.82) is 0 Å². The van der Waals surface area contributed by atoms with Crippen LogP contribution in [0.4, 0.5) is 0 Å². The summed E-state index contributed by atoms with van der Waals surface area (Å²) in [6.07, 6.45) is 10.2. The average molecular weight is 249 g/mol. The lowest BCUT2D eigenvalue weighted by Crippen LogP contribution is -2.43. The molecule has 4 heteroatoms. The highest BCUT2D eigenvalue weighted by Crippen LogP contribution is 2.29. The van der Waals surface area contributed by atoms with Crippen LogP contribution in [0.3, 0.4) is 0 Å². The maximum atomic E-state index is 5.41. The summed E-state index contributed by atoms with van der Waals surface area (Å²) in [6, 6.07) is 0. The average Bonchev–Trinajstić information content (AvgIpc) is 2.71. The van der Waals surface area contributed by atoms with Gasteiger partial charge < -0.3 is 9.84 Å². The number of hydrogen-bond acceptors (Lipinski definition) is 4. The summed E-state index contributed by atoms with van der Waals surface area (Å²) in [5.41, 5.74) is 0. The lowest BCUT2D eigenvalue weighted by molar-refractivity contribution is 0.293. The van der Waals surface area contributed by atoms with Gasteiger partial charge in [-0.25, -0.2) is 0 Å². The molecule has 1 aromatic heterocycles. The molecule has 4 nitrogen and oxygen atoms in total. The minimum absolute atomic E-state index is 0.544. The van der Waals surface area contributed by atoms with Gasteiger partial charge in [-0.3, -0.25) is 0 Å². The van der Waals surface area contributed by atoms with E-state index < -0.39 is 0 Å². The van der Waals surface area contributed by atoms with Crippen LogP contribution in [0.25, 0.3) is 0 Å². The van der Waals surface area contributed by atoms with Crippen LogP contribution in [-0.2, 0) is 6.42 Å². The van der Waals surface area contributed by atoms with E-state index in [-0.39, 0.29) is 0 Å². The largest absolute Gasteiger partial charge is 0.339 e. The zero-order valence-electron chi connectivity index (χ0n) is 11.0. The molecular weight excluding hydrogens is 226 g/mol. The summed E-state index contributed by atoms with van der Waals surface area (Å²) < 4.78 is 5.41. The molecule has 1 N–H and O–H groups in total. The predicted molar refractivity (Wildman–Crippen MR) is 69.4 cm³/mol. The van der Waals surface area contributed by atoms with E-state index in [4.69, 9.17) is 4.52 Å². The van der Waals surface area contributed by atoms with Gasteiger partial charge in [0.2, 0.25) is 5.89 Å². The molecule has 2 aliphatic rings. The normalized spacial score (nSPS) is 23.3. The molecule has 3 rings (SSSR count). The Kier molecular flexibility index (Phi) is 3.93. The first-order chi connectivity index (χ1) is 8.92. The van der Waals surface area contributed by atoms with Crippen LogP contribution in [0.5, 0.6) is 0 Å². The Morgan fingerprint density at radius 1 is 1.06 bits per heavy atom. The lowest BCUT2D eigenvalue weighted by atomic mass is 9.91. The first-order valence-corrected chi connectivity index (χ1v) is 7.45. The van der Waals surface area contributed by atoms with Crippen molar-refractivity contribution in [1.82, 2.24) is 15.5 Å². The van der Waals surface area contributed by atoms with Gasteiger partial charge in [-0.15, -0.1) is 0 Å². The van der Waals surface area contributed by atoms with Crippen molar-refractivity contribution in [3.8, 4) is 0 Å². The molecule has 1 aliphatic heterocycles. The SMILES string of the molecule is C1CCCC(c2noc(CC3CNC3)n2)CCC1. The van der Waals surface area contributed by atoms with Gasteiger partial charge in [0.1, 0.15) is 0 Å². The van der Waals surface area contributed by atoms with E-state index in [2.05, 4.69) is 15.5 Å². The fraction of sp³-hybridized carbons (Fsp3) is 0.857. The molecule has 100 valence electrons. The maximum absolute atomic E-state index is 5.41. The monoisotopic (exact) mass is 249 g/mol. The molecule has 1 aliphatic carbocycles. The topological polar surface area (TPSA) is 51.0 Å². The molecule has 0 unspecified atom stereocenters. The number of rotatable bonds is 3. The highest BCUT2D eigenvalue weighted by atomic mass is 16.5. The van der Waals surface area contributed by atoms with Crippen LogP contribution in [0.2, 0.25) is 0 Å². The van der Waals surface area contributed by atoms with Crippen LogP contribution in [0, 0.1) is 5.92 Å². The van der Waals surface area contributed by atoms with Crippen molar-refractivity contribution in [3.05, 3.63) is 11.7 Å². The van der Waals surface area contributed by atoms with E-state index in [0.29, 0.717) is 11.8 Å². The minimum atomic E-state index is 0.544. The molecule has 0 atom stereocenters. The fourth-order valence-corrected chi connectivity index (χ4v) is 2.97. The lowest BCUT2D eigenvalue weighted by Gasteiger charge is -2.25. The van der Waals surface area contributed by atoms with Crippen LogP contribution in [-0.4, -0.2) is 23.2 Å². The Hall–Kier alpha value is -0.900. The van der Waals surface area contributed by atoms with Gasteiger partial charge in [-0.05, 0) is 31.8 Å². The number of hydrogen-bond donors (Lipinski definition) is 1. The third-order valence-electron chi connectivity index (χ3n) is 4.28. The molecule has 0 radical (unpaired) electrons. The van der Waals surface area contributed by atoms with E-state index >= 15 is 0 Å². The molecular formula is C14H23N3O. The molecule has 0 bridgehead atoms. The molecule has 2 fully saturated rings. The van der Waals surface area contributed by atoms with Crippen molar-refractivity contribution < 1.29 is 4.52 Å². The maximum Gasteiger partial charge on any atom is 0.227 e. The van der Waals surface area contributed by atoms with Crippen molar-refractivity contribution in [2.75, 3.05) is 13.1 Å². The zero-order valence-corrected chi connectivity index (χ0v) is 11.0. The summed E-state index contributed by atoms with van der Waals surface area (Å²) in [7, 11) is 0. The Labute approximate surface area is 109 Å². The molecule has 1 saturated heterocycles. The van der Waals surface area contributed by atoms with E-state index in [0.717, 1.165) is 31.2 Å². The second-order valence-corrected chi connectivity index (χ2v) is 5.82. The standard InChI is InChI=1S/C14H23N3O/c1-2-4-6-12(7-5-3-1)14-16-13(18-17-14)8-11-9-15-10-11/h11-12,15H,1-10H2. The highest BCUT2D eigenvalue weighted by molar-refractivity contribution is 4.97. The van der Waals surface area contributed by atoms with Gasteiger partial charge in [0.25, 0.3) is 0 Å². The fourth-order valence-electron chi connectivity index (χ4n) is 2.97. The van der Waals surface area contributed by atoms with Crippen LogP contribution < -0.4 is 5.32 Å². The Morgan fingerprint density at radius 3 is 2.44 bits per heavy atom. The summed E-state index contributed by atoms with van der Waals surface area (Å²) in [5, 5.41) is 7.49. The molecule has 0 spiro atoms. The minimum Gasteiger partial charge on any atom is -0.339 e. The van der Waals surface area contributed by atoms with Gasteiger partial charge in [0.15, 0.2) is 5.82 Å². The first kappa shape index (κ1) is 12.2. The van der Waals surface area contributed by atoms with Crippen molar-refractivity contribution in [3.63, 3.8) is 0 Å². The van der Waals surface area contributed by atoms with Gasteiger partial charge in [0.05, 0.1) is 0 Å². The molecule has 2 heterocycles. The Balaban J connectivity index is 1.59. The third kappa shape index (κ3) is 2.91. The summed E-state index contributed by atoms with van der Waals surface area (Å²) in [5.74, 6) is 3.07. The van der Waals surface area contributed by atoms with Gasteiger partial charge >= 0.3 is 0 Å². The first-order valence-electron chi connectivity index (χ1n) is 7.45. The highest BCUT2D eigenvalue weighted by Gasteiger charge is 2.23. The van der Waals surface area contributed by atoms with Crippen molar-refractivity contribution in [2.24, 2.45) is 5.92 Å². The quantitative estimate of drug-likeness (QED) is 0.894. The van der Waals surface area contributed by atoms with Crippen LogP contribution >= 0.6 is 0 Å². The van der Waals surface area contributed by atoms with Crippen molar-refractivity contribution >= 4 is 0 Å². The van der Waals surface area contributed by atoms with E-state index in [1.807, 2.05) is 0 Å². The second-order valence-electron chi connectivity index (χ2n) is 5.82. The molecule has 0 amide bonds. The summed E-state index contributed by atoms with van der Waals surface area (Å²) >= 11 is 0. The van der Waals surface area contributed by atoms with Gasteiger partial charge in [-0.1, -0.05) is 37.3 Å². The van der Waals surface area contributed by atoms with E-state index in [9.17, 15) is 0 Å². The number of aromatic nitrogens is 2. The summed E-state index contributed by atoms with van der Waals surface area (Å²) in [6.45, 7) is 2.20. The number of nitrogens with one attached hydrogen (secondary N) is 1. The van der Waals surface area contributed by atoms with Gasteiger partial charge in [-0.2, -0.15) is 4.98 Å². The Bertz CT molecular complexity index is 365. The Morgan fingerprint density at radius 2 is 1.78 bits per heavy atom. The van der Waals surface area contributed by atoms with E-state index in [1.54, 1.807) is 0 Å².